The van der Waals surface area contributed by atoms with Crippen molar-refractivity contribution in [1.29, 1.82) is 0 Å². The van der Waals surface area contributed by atoms with Gasteiger partial charge in [0.15, 0.2) is 0 Å². The van der Waals surface area contributed by atoms with Crippen LogP contribution in [0.4, 0.5) is 0 Å². The fraction of sp³-hybridized carbons (Fsp3) is 0.333. The Bertz CT molecular complexity index is 205. The molecule has 0 N–H and O–H groups in total. The normalized spacial score (nSPS) is 16.4. The molecule has 0 aliphatic carbocycles. The van der Waals surface area contributed by atoms with E-state index < -0.39 is 0 Å². The lowest BCUT2D eigenvalue weighted by molar-refractivity contribution is 0.111. The standard InChI is InChI=1S/C9H9O/c1-2-4-9-7-10-6-5-8(9)3-1/h2-4H,5-7H2. The second-order valence-corrected chi connectivity index (χ2v) is 2.50. The third kappa shape index (κ3) is 0.929. The molecule has 1 aliphatic rings. The van der Waals surface area contributed by atoms with E-state index in [0.717, 1.165) is 19.6 Å². The van der Waals surface area contributed by atoms with Crippen LogP contribution in [-0.2, 0) is 17.8 Å². The molecule has 1 heteroatoms. The first kappa shape index (κ1) is 5.93. The molecule has 0 saturated heterocycles. The molecule has 0 bridgehead atoms. The van der Waals surface area contributed by atoms with Gasteiger partial charge in [0.2, 0.25) is 0 Å². The molecule has 0 fully saturated rings. The monoisotopic (exact) mass is 133 g/mol. The van der Waals surface area contributed by atoms with Crippen LogP contribution < -0.4 is 0 Å². The van der Waals surface area contributed by atoms with Crippen LogP contribution in [0.3, 0.4) is 0 Å². The van der Waals surface area contributed by atoms with Gasteiger partial charge in [-0.05, 0) is 23.6 Å². The highest BCUT2D eigenvalue weighted by Crippen LogP contribution is 2.14. The first-order valence-corrected chi connectivity index (χ1v) is 3.52. The summed E-state index contributed by atoms with van der Waals surface area (Å²) in [6.07, 6.45) is 1.05. The molecule has 0 unspecified atom stereocenters. The van der Waals surface area contributed by atoms with Gasteiger partial charge >= 0.3 is 0 Å². The van der Waals surface area contributed by atoms with Gasteiger partial charge in [0, 0.05) is 0 Å². The molecule has 1 aromatic rings. The fourth-order valence-corrected chi connectivity index (χ4v) is 1.23. The Balaban J connectivity index is 2.41. The van der Waals surface area contributed by atoms with Crippen molar-refractivity contribution in [1.82, 2.24) is 0 Å². The Morgan fingerprint density at radius 3 is 3.30 bits per heavy atom. The summed E-state index contributed by atoms with van der Waals surface area (Å²) in [5, 5.41) is 0. The maximum atomic E-state index is 5.28. The van der Waals surface area contributed by atoms with E-state index in [1.54, 1.807) is 0 Å². The van der Waals surface area contributed by atoms with E-state index in [9.17, 15) is 0 Å². The van der Waals surface area contributed by atoms with Crippen molar-refractivity contribution < 1.29 is 4.74 Å². The first-order chi connectivity index (χ1) is 4.97. The Kier molecular flexibility index (Phi) is 1.44. The number of rotatable bonds is 0. The van der Waals surface area contributed by atoms with E-state index in [2.05, 4.69) is 18.2 Å². The van der Waals surface area contributed by atoms with Crippen molar-refractivity contribution in [2.75, 3.05) is 6.61 Å². The van der Waals surface area contributed by atoms with Crippen LogP contribution in [-0.4, -0.2) is 6.61 Å². The van der Waals surface area contributed by atoms with Crippen LogP contribution >= 0.6 is 0 Å². The van der Waals surface area contributed by atoms with Crippen molar-refractivity contribution in [2.45, 2.75) is 13.0 Å². The van der Waals surface area contributed by atoms with Crippen LogP contribution in [0.25, 0.3) is 0 Å². The van der Waals surface area contributed by atoms with E-state index in [4.69, 9.17) is 4.74 Å². The predicted octanol–water partition coefficient (Wildman–Crippen LogP) is 1.56. The number of fused-ring (bicyclic) bond motifs is 1. The minimum Gasteiger partial charge on any atom is -0.376 e. The van der Waals surface area contributed by atoms with Crippen molar-refractivity contribution in [3.05, 3.63) is 35.4 Å². The molecule has 0 aromatic heterocycles. The topological polar surface area (TPSA) is 9.23 Å². The largest absolute Gasteiger partial charge is 0.376 e. The van der Waals surface area contributed by atoms with Crippen LogP contribution in [0.5, 0.6) is 0 Å². The highest BCUT2D eigenvalue weighted by Gasteiger charge is 2.06. The summed E-state index contributed by atoms with van der Waals surface area (Å²) in [5.74, 6) is 0. The quantitative estimate of drug-likeness (QED) is 0.522. The average Bonchev–Trinajstić information content (AvgIpc) is 2.05. The van der Waals surface area contributed by atoms with Crippen molar-refractivity contribution in [3.63, 3.8) is 0 Å². The molecule has 0 spiro atoms. The summed E-state index contributed by atoms with van der Waals surface area (Å²) in [7, 11) is 0. The second kappa shape index (κ2) is 2.43. The van der Waals surface area contributed by atoms with Gasteiger partial charge in [0.05, 0.1) is 13.2 Å². The molecular weight excluding hydrogens is 124 g/mol. The van der Waals surface area contributed by atoms with E-state index >= 15 is 0 Å². The molecular formula is C9H9O. The van der Waals surface area contributed by atoms with Crippen LogP contribution in [0.2, 0.25) is 0 Å². The lowest BCUT2D eigenvalue weighted by Crippen LogP contribution is -2.08. The van der Waals surface area contributed by atoms with Gasteiger partial charge < -0.3 is 4.74 Å². The maximum absolute atomic E-state index is 5.28. The Hall–Kier alpha value is -0.820. The summed E-state index contributed by atoms with van der Waals surface area (Å²) >= 11 is 0. The number of hydrogen-bond acceptors (Lipinski definition) is 1. The van der Waals surface area contributed by atoms with Gasteiger partial charge in [0.25, 0.3) is 0 Å². The Morgan fingerprint density at radius 2 is 2.40 bits per heavy atom. The smallest absolute Gasteiger partial charge is 0.0719 e. The zero-order valence-corrected chi connectivity index (χ0v) is 5.76. The highest BCUT2D eigenvalue weighted by atomic mass is 16.5. The van der Waals surface area contributed by atoms with Gasteiger partial charge in [-0.2, -0.15) is 0 Å². The summed E-state index contributed by atoms with van der Waals surface area (Å²) in [6.45, 7) is 1.65. The molecule has 1 heterocycles. The third-order valence-electron chi connectivity index (χ3n) is 1.82. The summed E-state index contributed by atoms with van der Waals surface area (Å²) < 4.78 is 5.28. The van der Waals surface area contributed by atoms with Crippen LogP contribution in [0.1, 0.15) is 11.1 Å². The lowest BCUT2D eigenvalue weighted by atomic mass is 10.0. The summed E-state index contributed by atoms with van der Waals surface area (Å²) in [4.78, 5) is 0. The fourth-order valence-electron chi connectivity index (χ4n) is 1.23. The van der Waals surface area contributed by atoms with Crippen molar-refractivity contribution >= 4 is 0 Å². The summed E-state index contributed by atoms with van der Waals surface area (Å²) in [6, 6.07) is 9.13. The van der Waals surface area contributed by atoms with Crippen molar-refractivity contribution in [3.8, 4) is 0 Å². The molecule has 51 valence electrons. The van der Waals surface area contributed by atoms with Gasteiger partial charge in [-0.25, -0.2) is 0 Å². The molecule has 10 heavy (non-hydrogen) atoms. The number of ether oxygens (including phenoxy) is 1. The minimum absolute atomic E-state index is 0.782. The second-order valence-electron chi connectivity index (χ2n) is 2.50. The number of benzene rings is 1. The molecule has 0 amide bonds. The van der Waals surface area contributed by atoms with E-state index in [0.29, 0.717) is 0 Å². The maximum Gasteiger partial charge on any atom is 0.0719 e. The number of hydrogen-bond donors (Lipinski definition) is 0. The van der Waals surface area contributed by atoms with Gasteiger partial charge in [-0.1, -0.05) is 18.2 Å². The molecule has 1 aromatic carbocycles. The van der Waals surface area contributed by atoms with E-state index in [-0.39, 0.29) is 0 Å². The molecule has 0 saturated carbocycles. The van der Waals surface area contributed by atoms with Gasteiger partial charge in [-0.15, -0.1) is 0 Å². The van der Waals surface area contributed by atoms with Crippen LogP contribution in [0.15, 0.2) is 18.2 Å². The Morgan fingerprint density at radius 1 is 1.40 bits per heavy atom. The minimum atomic E-state index is 0.782. The molecule has 1 aliphatic heterocycles. The average molecular weight is 133 g/mol. The van der Waals surface area contributed by atoms with Crippen LogP contribution in [0, 0.1) is 6.07 Å². The van der Waals surface area contributed by atoms with Gasteiger partial charge in [-0.3, -0.25) is 0 Å². The Labute approximate surface area is 60.6 Å². The van der Waals surface area contributed by atoms with Gasteiger partial charge in [0.1, 0.15) is 0 Å². The summed E-state index contributed by atoms with van der Waals surface area (Å²) in [5.41, 5.74) is 2.72. The highest BCUT2D eigenvalue weighted by molar-refractivity contribution is 5.26. The lowest BCUT2D eigenvalue weighted by Gasteiger charge is -2.14. The van der Waals surface area contributed by atoms with Crippen molar-refractivity contribution in [2.24, 2.45) is 0 Å². The first-order valence-electron chi connectivity index (χ1n) is 3.52. The molecule has 0 atom stereocenters. The van der Waals surface area contributed by atoms with E-state index in [1.165, 1.54) is 11.1 Å². The van der Waals surface area contributed by atoms with E-state index in [1.807, 2.05) is 6.07 Å². The third-order valence-corrected chi connectivity index (χ3v) is 1.82. The SMILES string of the molecule is [c]1ccc2c(c1)CCOC2. The zero-order chi connectivity index (χ0) is 6.81. The molecule has 1 radical (unpaired) electrons. The molecule has 2 rings (SSSR count). The zero-order valence-electron chi connectivity index (χ0n) is 5.76. The molecule has 1 nitrogen and oxygen atoms in total. The predicted molar refractivity (Wildman–Crippen MR) is 38.6 cm³/mol.